The van der Waals surface area contributed by atoms with Crippen LogP contribution in [0.2, 0.25) is 5.02 Å². The van der Waals surface area contributed by atoms with Crippen molar-refractivity contribution in [3.63, 3.8) is 0 Å². The zero-order valence-corrected chi connectivity index (χ0v) is 13.0. The lowest BCUT2D eigenvalue weighted by Crippen LogP contribution is -2.45. The van der Waals surface area contributed by atoms with E-state index in [2.05, 4.69) is 17.6 Å². The van der Waals surface area contributed by atoms with E-state index in [1.165, 1.54) is 6.42 Å². The number of amides is 2. The van der Waals surface area contributed by atoms with Crippen LogP contribution in [-0.4, -0.2) is 24.4 Å². The average Bonchev–Trinajstić information content (AvgIpc) is 2.48. The molecule has 5 heteroatoms. The zero-order chi connectivity index (χ0) is 15.2. The van der Waals surface area contributed by atoms with Crippen LogP contribution in [0.4, 0.5) is 0 Å². The van der Waals surface area contributed by atoms with E-state index < -0.39 is 0 Å². The van der Waals surface area contributed by atoms with Crippen molar-refractivity contribution in [1.29, 1.82) is 0 Å². The molecule has 1 aromatic carbocycles. The molecule has 0 radical (unpaired) electrons. The van der Waals surface area contributed by atoms with E-state index in [-0.39, 0.29) is 24.4 Å². The van der Waals surface area contributed by atoms with E-state index in [0.29, 0.717) is 16.5 Å². The smallest absolute Gasteiger partial charge is 0.253 e. The number of carbonyl (C=O) groups is 2. The number of nitrogens with one attached hydrogen (secondary N) is 2. The summed E-state index contributed by atoms with van der Waals surface area (Å²) in [6, 6.07) is 7.02. The molecule has 0 bridgehead atoms. The average molecular weight is 309 g/mol. The van der Waals surface area contributed by atoms with Crippen molar-refractivity contribution >= 4 is 23.4 Å². The Morgan fingerprint density at radius 3 is 2.67 bits per heavy atom. The Kier molecular flexibility index (Phi) is 5.62. The molecular formula is C16H21ClN2O2. The molecule has 2 rings (SSSR count). The molecule has 1 aliphatic carbocycles. The van der Waals surface area contributed by atoms with Crippen molar-refractivity contribution in [3.05, 3.63) is 34.9 Å². The van der Waals surface area contributed by atoms with Crippen LogP contribution in [0, 0.1) is 5.92 Å². The second kappa shape index (κ2) is 7.46. The lowest BCUT2D eigenvalue weighted by molar-refractivity contribution is -0.121. The molecule has 2 atom stereocenters. The van der Waals surface area contributed by atoms with Crippen LogP contribution in [0.25, 0.3) is 0 Å². The van der Waals surface area contributed by atoms with E-state index >= 15 is 0 Å². The molecule has 21 heavy (non-hydrogen) atoms. The molecule has 0 aromatic heterocycles. The van der Waals surface area contributed by atoms with Gasteiger partial charge in [0.2, 0.25) is 5.91 Å². The lowest BCUT2D eigenvalue weighted by Gasteiger charge is -2.29. The molecule has 1 aromatic rings. The van der Waals surface area contributed by atoms with Gasteiger partial charge >= 0.3 is 0 Å². The molecule has 0 spiro atoms. The van der Waals surface area contributed by atoms with Gasteiger partial charge in [-0.2, -0.15) is 0 Å². The zero-order valence-electron chi connectivity index (χ0n) is 12.2. The van der Waals surface area contributed by atoms with Gasteiger partial charge in [-0.05, 0) is 30.9 Å². The van der Waals surface area contributed by atoms with Crippen LogP contribution >= 0.6 is 11.6 Å². The van der Waals surface area contributed by atoms with Crippen LogP contribution in [0.3, 0.4) is 0 Å². The fourth-order valence-electron chi connectivity index (χ4n) is 2.69. The summed E-state index contributed by atoms with van der Waals surface area (Å²) >= 11 is 5.95. The molecule has 2 unspecified atom stereocenters. The number of rotatable bonds is 4. The van der Waals surface area contributed by atoms with E-state index in [1.54, 1.807) is 24.3 Å². The molecule has 114 valence electrons. The number of hydrogen-bond donors (Lipinski definition) is 2. The van der Waals surface area contributed by atoms with Crippen LogP contribution in [0.1, 0.15) is 43.0 Å². The summed E-state index contributed by atoms with van der Waals surface area (Å²) in [4.78, 5) is 23.9. The highest BCUT2D eigenvalue weighted by Crippen LogP contribution is 2.23. The Morgan fingerprint density at radius 2 is 1.95 bits per heavy atom. The van der Waals surface area contributed by atoms with Crippen molar-refractivity contribution in [2.45, 2.75) is 38.6 Å². The van der Waals surface area contributed by atoms with Gasteiger partial charge in [0.05, 0.1) is 17.1 Å². The molecule has 2 amide bonds. The molecule has 1 saturated carbocycles. The molecular weight excluding hydrogens is 288 g/mol. The normalized spacial score (nSPS) is 21.6. The molecule has 0 heterocycles. The van der Waals surface area contributed by atoms with Gasteiger partial charge in [-0.25, -0.2) is 0 Å². The fraction of sp³-hybridized carbons (Fsp3) is 0.500. The van der Waals surface area contributed by atoms with Crippen LogP contribution in [0.15, 0.2) is 24.3 Å². The molecule has 2 N–H and O–H groups in total. The maximum atomic E-state index is 12.0. The van der Waals surface area contributed by atoms with Gasteiger partial charge in [-0.3, -0.25) is 9.59 Å². The largest absolute Gasteiger partial charge is 0.352 e. The second-order valence-electron chi connectivity index (χ2n) is 5.60. The van der Waals surface area contributed by atoms with Gasteiger partial charge in [0.15, 0.2) is 0 Å². The maximum Gasteiger partial charge on any atom is 0.253 e. The second-order valence-corrected chi connectivity index (χ2v) is 6.01. The van der Waals surface area contributed by atoms with Crippen LogP contribution in [0.5, 0.6) is 0 Å². The first-order chi connectivity index (χ1) is 10.1. The quantitative estimate of drug-likeness (QED) is 0.898. The summed E-state index contributed by atoms with van der Waals surface area (Å²) in [7, 11) is 0. The molecule has 1 fully saturated rings. The van der Waals surface area contributed by atoms with Gasteiger partial charge in [0.1, 0.15) is 0 Å². The highest BCUT2D eigenvalue weighted by atomic mass is 35.5. The Hall–Kier alpha value is -1.55. The Labute approximate surface area is 130 Å². The standard InChI is InChI=1S/C16H21ClN2O2/c1-11-6-2-5-9-14(11)19-15(20)10-18-16(21)12-7-3-4-8-13(12)17/h3-4,7-8,11,14H,2,5-6,9-10H2,1H3,(H,18,21)(H,19,20). The first kappa shape index (κ1) is 15.8. The van der Waals surface area contributed by atoms with E-state index in [9.17, 15) is 9.59 Å². The van der Waals surface area contributed by atoms with Crippen molar-refractivity contribution < 1.29 is 9.59 Å². The van der Waals surface area contributed by atoms with Gasteiger partial charge in [0.25, 0.3) is 5.91 Å². The molecule has 1 aliphatic rings. The molecule has 4 nitrogen and oxygen atoms in total. The number of benzene rings is 1. The van der Waals surface area contributed by atoms with E-state index in [4.69, 9.17) is 11.6 Å². The monoisotopic (exact) mass is 308 g/mol. The predicted molar refractivity (Wildman–Crippen MR) is 83.3 cm³/mol. The van der Waals surface area contributed by atoms with Gasteiger partial charge < -0.3 is 10.6 Å². The van der Waals surface area contributed by atoms with Crippen molar-refractivity contribution in [1.82, 2.24) is 10.6 Å². The van der Waals surface area contributed by atoms with Gasteiger partial charge in [-0.15, -0.1) is 0 Å². The highest BCUT2D eigenvalue weighted by Gasteiger charge is 2.22. The Morgan fingerprint density at radius 1 is 1.24 bits per heavy atom. The third kappa shape index (κ3) is 4.46. The first-order valence-corrected chi connectivity index (χ1v) is 7.78. The van der Waals surface area contributed by atoms with Gasteiger partial charge in [-0.1, -0.05) is 43.5 Å². The van der Waals surface area contributed by atoms with Crippen molar-refractivity contribution in [2.24, 2.45) is 5.92 Å². The minimum Gasteiger partial charge on any atom is -0.352 e. The van der Waals surface area contributed by atoms with E-state index in [0.717, 1.165) is 19.3 Å². The molecule has 0 saturated heterocycles. The van der Waals surface area contributed by atoms with Crippen molar-refractivity contribution in [2.75, 3.05) is 6.54 Å². The summed E-state index contributed by atoms with van der Waals surface area (Å²) < 4.78 is 0. The Balaban J connectivity index is 1.81. The summed E-state index contributed by atoms with van der Waals surface area (Å²) in [6.45, 7) is 2.14. The minimum absolute atomic E-state index is 0.0206. The SMILES string of the molecule is CC1CCCCC1NC(=O)CNC(=O)c1ccccc1Cl. The highest BCUT2D eigenvalue weighted by molar-refractivity contribution is 6.33. The number of hydrogen-bond acceptors (Lipinski definition) is 2. The molecule has 0 aliphatic heterocycles. The third-order valence-electron chi connectivity index (χ3n) is 3.99. The fourth-order valence-corrected chi connectivity index (χ4v) is 2.91. The maximum absolute atomic E-state index is 12.0. The predicted octanol–water partition coefficient (Wildman–Crippen LogP) is 2.76. The number of halogens is 1. The Bertz CT molecular complexity index is 519. The summed E-state index contributed by atoms with van der Waals surface area (Å²) in [5.41, 5.74) is 0.387. The van der Waals surface area contributed by atoms with Crippen LogP contribution in [-0.2, 0) is 4.79 Å². The number of carbonyl (C=O) groups excluding carboxylic acids is 2. The topological polar surface area (TPSA) is 58.2 Å². The lowest BCUT2D eigenvalue weighted by atomic mass is 9.86. The summed E-state index contributed by atoms with van der Waals surface area (Å²) in [5, 5.41) is 6.00. The summed E-state index contributed by atoms with van der Waals surface area (Å²) in [5.74, 6) is 0.0311. The van der Waals surface area contributed by atoms with Crippen molar-refractivity contribution in [3.8, 4) is 0 Å². The third-order valence-corrected chi connectivity index (χ3v) is 4.32. The summed E-state index contributed by atoms with van der Waals surface area (Å²) in [6.07, 6.45) is 4.56. The van der Waals surface area contributed by atoms with Gasteiger partial charge in [0, 0.05) is 6.04 Å². The first-order valence-electron chi connectivity index (χ1n) is 7.40. The van der Waals surface area contributed by atoms with E-state index in [1.807, 2.05) is 0 Å². The minimum atomic E-state index is -0.326. The van der Waals surface area contributed by atoms with Crippen LogP contribution < -0.4 is 10.6 Å².